The Bertz CT molecular complexity index is 185. The van der Waals surface area contributed by atoms with Crippen molar-refractivity contribution in [1.82, 2.24) is 0 Å². The quantitative estimate of drug-likeness (QED) is 0.478. The molecule has 0 atom stereocenters. The number of carboxylic acids is 1. The van der Waals surface area contributed by atoms with Gasteiger partial charge in [-0.25, -0.2) is 9.59 Å². The maximum absolute atomic E-state index is 10.1. The zero-order valence-corrected chi connectivity index (χ0v) is 7.10. The van der Waals surface area contributed by atoms with E-state index in [9.17, 15) is 9.59 Å². The SMILES string of the molecule is C=CC(=O)O.C=CC(=O)OCCO. The van der Waals surface area contributed by atoms with Crippen molar-refractivity contribution >= 4 is 11.9 Å². The lowest BCUT2D eigenvalue weighted by atomic mass is 10.6. The molecule has 0 rings (SSSR count). The number of esters is 1. The highest BCUT2D eigenvalue weighted by Gasteiger charge is 1.90. The van der Waals surface area contributed by atoms with Crippen LogP contribution in [0.5, 0.6) is 0 Å². The second kappa shape index (κ2) is 10.4. The first kappa shape index (κ1) is 13.9. The third-order valence-corrected chi connectivity index (χ3v) is 0.677. The van der Waals surface area contributed by atoms with E-state index in [-0.39, 0.29) is 13.2 Å². The molecule has 0 spiro atoms. The van der Waals surface area contributed by atoms with E-state index in [0.717, 1.165) is 12.2 Å². The average molecular weight is 188 g/mol. The van der Waals surface area contributed by atoms with Crippen LogP contribution in [0.3, 0.4) is 0 Å². The van der Waals surface area contributed by atoms with E-state index < -0.39 is 11.9 Å². The zero-order chi connectivity index (χ0) is 10.7. The molecule has 0 unspecified atom stereocenters. The van der Waals surface area contributed by atoms with Crippen LogP contribution in [-0.2, 0) is 14.3 Å². The highest BCUT2D eigenvalue weighted by molar-refractivity contribution is 5.81. The molecule has 2 N–H and O–H groups in total. The number of rotatable bonds is 4. The Balaban J connectivity index is 0. The van der Waals surface area contributed by atoms with Crippen LogP contribution >= 0.6 is 0 Å². The zero-order valence-electron chi connectivity index (χ0n) is 7.10. The van der Waals surface area contributed by atoms with Crippen LogP contribution in [0.4, 0.5) is 0 Å². The monoisotopic (exact) mass is 188 g/mol. The van der Waals surface area contributed by atoms with Gasteiger partial charge in [-0.05, 0) is 0 Å². The van der Waals surface area contributed by atoms with Crippen LogP contribution in [0.2, 0.25) is 0 Å². The fourth-order valence-corrected chi connectivity index (χ4v) is 0.205. The van der Waals surface area contributed by atoms with Gasteiger partial charge in [-0.1, -0.05) is 13.2 Å². The average Bonchev–Trinajstić information content (AvgIpc) is 2.15. The molecule has 74 valence electrons. The van der Waals surface area contributed by atoms with Crippen molar-refractivity contribution in [2.24, 2.45) is 0 Å². The number of carbonyl (C=O) groups excluding carboxylic acids is 1. The van der Waals surface area contributed by atoms with E-state index in [1.165, 1.54) is 0 Å². The van der Waals surface area contributed by atoms with Gasteiger partial charge in [-0.15, -0.1) is 0 Å². The highest BCUT2D eigenvalue weighted by Crippen LogP contribution is 1.75. The fourth-order valence-electron chi connectivity index (χ4n) is 0.205. The van der Waals surface area contributed by atoms with Crippen molar-refractivity contribution in [1.29, 1.82) is 0 Å². The molecule has 0 fully saturated rings. The summed E-state index contributed by atoms with van der Waals surface area (Å²) in [5.74, 6) is -1.48. The van der Waals surface area contributed by atoms with Crippen molar-refractivity contribution < 1.29 is 24.5 Å². The van der Waals surface area contributed by atoms with Gasteiger partial charge in [0.2, 0.25) is 0 Å². The van der Waals surface area contributed by atoms with Crippen molar-refractivity contribution in [2.45, 2.75) is 0 Å². The molecule has 0 saturated carbocycles. The standard InChI is InChI=1S/C5H8O3.C3H4O2/c1-2-5(7)8-4-3-6;1-2-3(4)5/h2,6H,1,3-4H2;2H,1H2,(H,4,5). The summed E-state index contributed by atoms with van der Waals surface area (Å²) in [6.07, 6.45) is 1.88. The molecule has 0 amide bonds. The summed E-state index contributed by atoms with van der Waals surface area (Å²) >= 11 is 0. The molecule has 5 heteroatoms. The molecular weight excluding hydrogens is 176 g/mol. The Hall–Kier alpha value is -1.62. The van der Waals surface area contributed by atoms with E-state index in [1.807, 2.05) is 0 Å². The lowest BCUT2D eigenvalue weighted by molar-refractivity contribution is -0.138. The van der Waals surface area contributed by atoms with Crippen LogP contribution in [0.25, 0.3) is 0 Å². The van der Waals surface area contributed by atoms with Gasteiger partial charge in [-0.3, -0.25) is 0 Å². The third-order valence-electron chi connectivity index (χ3n) is 0.677. The van der Waals surface area contributed by atoms with Crippen molar-refractivity contribution in [3.8, 4) is 0 Å². The Kier molecular flexibility index (Phi) is 11.1. The summed E-state index contributed by atoms with van der Waals surface area (Å²) in [5, 5.41) is 15.7. The van der Waals surface area contributed by atoms with Crippen LogP contribution in [-0.4, -0.2) is 35.4 Å². The Morgan fingerprint density at radius 3 is 2.00 bits per heavy atom. The van der Waals surface area contributed by atoms with Gasteiger partial charge in [-0.2, -0.15) is 0 Å². The van der Waals surface area contributed by atoms with Crippen molar-refractivity contribution in [3.05, 3.63) is 25.3 Å². The minimum Gasteiger partial charge on any atom is -0.478 e. The van der Waals surface area contributed by atoms with Crippen molar-refractivity contribution in [3.63, 3.8) is 0 Å². The largest absolute Gasteiger partial charge is 0.478 e. The molecule has 0 aliphatic carbocycles. The summed E-state index contributed by atoms with van der Waals surface area (Å²) in [4.78, 5) is 19.4. The number of carboxylic acid groups (broad SMARTS) is 1. The van der Waals surface area contributed by atoms with E-state index >= 15 is 0 Å². The molecule has 0 aliphatic rings. The normalized spacial score (nSPS) is 7.46. The van der Waals surface area contributed by atoms with Crippen LogP contribution < -0.4 is 0 Å². The molecule has 0 bridgehead atoms. The molecule has 0 aliphatic heterocycles. The molecule has 5 nitrogen and oxygen atoms in total. The minimum absolute atomic E-state index is 0.0465. The predicted octanol–water partition coefficient (Wildman–Crippen LogP) is -0.0351. The smallest absolute Gasteiger partial charge is 0.330 e. The van der Waals surface area contributed by atoms with Gasteiger partial charge in [0.25, 0.3) is 0 Å². The lowest BCUT2D eigenvalue weighted by Gasteiger charge is -1.94. The highest BCUT2D eigenvalue weighted by atomic mass is 16.5. The Morgan fingerprint density at radius 1 is 1.31 bits per heavy atom. The molecule has 13 heavy (non-hydrogen) atoms. The predicted molar refractivity (Wildman–Crippen MR) is 46.1 cm³/mol. The Morgan fingerprint density at radius 2 is 1.77 bits per heavy atom. The first-order valence-corrected chi connectivity index (χ1v) is 3.33. The van der Waals surface area contributed by atoms with Gasteiger partial charge < -0.3 is 14.9 Å². The van der Waals surface area contributed by atoms with Crippen LogP contribution in [0.1, 0.15) is 0 Å². The molecule has 0 radical (unpaired) electrons. The lowest BCUT2D eigenvalue weighted by Crippen LogP contribution is -2.04. The maximum Gasteiger partial charge on any atom is 0.330 e. The van der Waals surface area contributed by atoms with Crippen molar-refractivity contribution in [2.75, 3.05) is 13.2 Å². The molecular formula is C8H12O5. The Labute approximate surface area is 75.9 Å². The topological polar surface area (TPSA) is 83.8 Å². The van der Waals surface area contributed by atoms with Gasteiger partial charge >= 0.3 is 11.9 Å². The number of hydrogen-bond acceptors (Lipinski definition) is 4. The number of carbonyl (C=O) groups is 2. The van der Waals surface area contributed by atoms with Gasteiger partial charge in [0, 0.05) is 12.2 Å². The van der Waals surface area contributed by atoms with E-state index in [4.69, 9.17) is 10.2 Å². The first-order chi connectivity index (χ1) is 6.08. The summed E-state index contributed by atoms with van der Waals surface area (Å²) in [5.41, 5.74) is 0. The maximum atomic E-state index is 10.1. The third kappa shape index (κ3) is 17.9. The van der Waals surface area contributed by atoms with Crippen LogP contribution in [0, 0.1) is 0 Å². The van der Waals surface area contributed by atoms with E-state index in [2.05, 4.69) is 17.9 Å². The summed E-state index contributed by atoms with van der Waals surface area (Å²) in [7, 11) is 0. The number of hydrogen-bond donors (Lipinski definition) is 2. The number of aliphatic hydroxyl groups excluding tert-OH is 1. The van der Waals surface area contributed by atoms with Gasteiger partial charge in [0.15, 0.2) is 0 Å². The number of aliphatic hydroxyl groups is 1. The summed E-state index contributed by atoms with van der Waals surface area (Å²) in [6.45, 7) is 6.03. The second-order valence-electron chi connectivity index (χ2n) is 1.64. The molecule has 0 heterocycles. The number of aliphatic carboxylic acids is 1. The molecule has 0 saturated heterocycles. The summed E-state index contributed by atoms with van der Waals surface area (Å²) in [6, 6.07) is 0. The molecule has 0 aromatic carbocycles. The van der Waals surface area contributed by atoms with Gasteiger partial charge in [0.05, 0.1) is 6.61 Å². The number of ether oxygens (including phenoxy) is 1. The van der Waals surface area contributed by atoms with Crippen LogP contribution in [0.15, 0.2) is 25.3 Å². The summed E-state index contributed by atoms with van der Waals surface area (Å²) < 4.78 is 4.33. The minimum atomic E-state index is -0.981. The molecule has 0 aromatic rings. The van der Waals surface area contributed by atoms with E-state index in [1.54, 1.807) is 0 Å². The molecule has 0 aromatic heterocycles. The van der Waals surface area contributed by atoms with E-state index in [0.29, 0.717) is 0 Å². The second-order valence-corrected chi connectivity index (χ2v) is 1.64. The fraction of sp³-hybridized carbons (Fsp3) is 0.250. The van der Waals surface area contributed by atoms with Gasteiger partial charge in [0.1, 0.15) is 6.61 Å². The first-order valence-electron chi connectivity index (χ1n) is 3.33.